The highest BCUT2D eigenvalue weighted by Gasteiger charge is 2.47. The Morgan fingerprint density at radius 2 is 2.00 bits per heavy atom. The molecular formula is C10H13NO6. The molecule has 0 aromatic carbocycles. The van der Waals surface area contributed by atoms with Crippen molar-refractivity contribution in [3.8, 4) is 0 Å². The van der Waals surface area contributed by atoms with Gasteiger partial charge >= 0.3 is 0 Å². The normalized spacial score (nSPS) is 41.7. The van der Waals surface area contributed by atoms with Crippen molar-refractivity contribution in [3.05, 3.63) is 12.2 Å². The van der Waals surface area contributed by atoms with E-state index in [-0.39, 0.29) is 0 Å². The molecule has 0 radical (unpaired) electrons. The second-order valence-corrected chi connectivity index (χ2v) is 4.04. The maximum absolute atomic E-state index is 11.5. The predicted octanol–water partition coefficient (Wildman–Crippen LogP) is -2.70. The first-order valence-electron chi connectivity index (χ1n) is 5.20. The predicted molar refractivity (Wildman–Crippen MR) is 53.5 cm³/mol. The molecule has 1 fully saturated rings. The third-order valence-electron chi connectivity index (χ3n) is 2.94. The van der Waals surface area contributed by atoms with Crippen LogP contribution < -0.4 is 5.32 Å². The summed E-state index contributed by atoms with van der Waals surface area (Å²) in [6, 6.07) is 0. The molecule has 94 valence electrons. The minimum Gasteiger partial charge on any atom is -0.394 e. The van der Waals surface area contributed by atoms with Gasteiger partial charge in [-0.3, -0.25) is 14.9 Å². The van der Waals surface area contributed by atoms with Gasteiger partial charge in [0, 0.05) is 6.08 Å². The summed E-state index contributed by atoms with van der Waals surface area (Å²) in [5.74, 6) is -1.97. The van der Waals surface area contributed by atoms with Crippen LogP contribution in [-0.2, 0) is 14.3 Å². The standard InChI is InChI=1S/C10H13NO6/c12-3-5-7(14)8(15)9(17-5)4-1-2-6(13)11-10(4)16/h1-2,4-5,7-9,12,14-15H,3H2,(H,11,13,16)/t4?,5-,7-,8-,9+/m1/s1. The number of carbonyl (C=O) groups excluding carboxylic acids is 2. The molecular weight excluding hydrogens is 230 g/mol. The summed E-state index contributed by atoms with van der Waals surface area (Å²) in [6.45, 7) is -0.453. The summed E-state index contributed by atoms with van der Waals surface area (Å²) in [5.41, 5.74) is 0. The van der Waals surface area contributed by atoms with Crippen LogP contribution in [0, 0.1) is 5.92 Å². The third kappa shape index (κ3) is 2.09. The van der Waals surface area contributed by atoms with Gasteiger partial charge in [-0.1, -0.05) is 6.08 Å². The molecule has 0 aromatic heterocycles. The van der Waals surface area contributed by atoms with Gasteiger partial charge in [-0.25, -0.2) is 0 Å². The van der Waals surface area contributed by atoms with Crippen molar-refractivity contribution in [2.24, 2.45) is 5.92 Å². The molecule has 5 atom stereocenters. The van der Waals surface area contributed by atoms with Crippen LogP contribution in [-0.4, -0.2) is 58.2 Å². The average Bonchev–Trinajstić information content (AvgIpc) is 2.57. The lowest BCUT2D eigenvalue weighted by Crippen LogP contribution is -2.46. The van der Waals surface area contributed by atoms with E-state index < -0.39 is 48.8 Å². The molecule has 0 saturated carbocycles. The summed E-state index contributed by atoms with van der Waals surface area (Å²) in [5, 5.41) is 30.2. The van der Waals surface area contributed by atoms with Gasteiger partial charge in [-0.15, -0.1) is 0 Å². The topological polar surface area (TPSA) is 116 Å². The van der Waals surface area contributed by atoms with Gasteiger partial charge in [0.25, 0.3) is 0 Å². The summed E-state index contributed by atoms with van der Waals surface area (Å²) in [4.78, 5) is 22.4. The van der Waals surface area contributed by atoms with Crippen molar-refractivity contribution in [1.82, 2.24) is 5.32 Å². The van der Waals surface area contributed by atoms with E-state index in [0.29, 0.717) is 0 Å². The molecule has 0 bridgehead atoms. The Morgan fingerprint density at radius 1 is 1.29 bits per heavy atom. The van der Waals surface area contributed by atoms with E-state index in [4.69, 9.17) is 9.84 Å². The number of nitrogens with one attached hydrogen (secondary N) is 1. The molecule has 2 heterocycles. The van der Waals surface area contributed by atoms with E-state index in [1.54, 1.807) is 0 Å². The average molecular weight is 243 g/mol. The molecule has 7 nitrogen and oxygen atoms in total. The van der Waals surface area contributed by atoms with Crippen LogP contribution in [0.5, 0.6) is 0 Å². The Bertz CT molecular complexity index is 368. The number of aliphatic hydroxyl groups excluding tert-OH is 3. The third-order valence-corrected chi connectivity index (χ3v) is 2.94. The van der Waals surface area contributed by atoms with Gasteiger partial charge < -0.3 is 20.1 Å². The minimum absolute atomic E-state index is 0.453. The molecule has 2 aliphatic heterocycles. The van der Waals surface area contributed by atoms with E-state index in [1.165, 1.54) is 12.2 Å². The van der Waals surface area contributed by atoms with Gasteiger partial charge in [0.05, 0.1) is 12.5 Å². The van der Waals surface area contributed by atoms with Crippen LogP contribution >= 0.6 is 0 Å². The molecule has 0 aromatic rings. The molecule has 1 saturated heterocycles. The highest BCUT2D eigenvalue weighted by Crippen LogP contribution is 2.28. The second kappa shape index (κ2) is 4.53. The number of rotatable bonds is 2. The Hall–Kier alpha value is -1.28. The first-order chi connectivity index (χ1) is 8.04. The van der Waals surface area contributed by atoms with Crippen molar-refractivity contribution in [2.45, 2.75) is 24.4 Å². The Balaban J connectivity index is 2.16. The van der Waals surface area contributed by atoms with Crippen molar-refractivity contribution in [1.29, 1.82) is 0 Å². The number of ether oxygens (including phenoxy) is 1. The van der Waals surface area contributed by atoms with Gasteiger partial charge in [0.2, 0.25) is 11.8 Å². The molecule has 2 aliphatic rings. The lowest BCUT2D eigenvalue weighted by molar-refractivity contribution is -0.135. The summed E-state index contributed by atoms with van der Waals surface area (Å²) < 4.78 is 5.21. The minimum atomic E-state index is -1.28. The molecule has 2 amide bonds. The number of hydrogen-bond donors (Lipinski definition) is 4. The largest absolute Gasteiger partial charge is 0.394 e. The lowest BCUT2D eigenvalue weighted by atomic mass is 9.93. The number of hydrogen-bond acceptors (Lipinski definition) is 6. The Morgan fingerprint density at radius 3 is 2.53 bits per heavy atom. The first kappa shape index (κ1) is 12.2. The van der Waals surface area contributed by atoms with Crippen LogP contribution in [0.2, 0.25) is 0 Å². The Labute approximate surface area is 96.7 Å². The molecule has 17 heavy (non-hydrogen) atoms. The SMILES string of the molecule is O=C1C=CC([C@@H]2O[C@H](CO)[C@@H](O)[C@H]2O)C(=O)N1. The van der Waals surface area contributed by atoms with E-state index in [2.05, 4.69) is 5.32 Å². The quantitative estimate of drug-likeness (QED) is 0.392. The zero-order chi connectivity index (χ0) is 12.6. The maximum Gasteiger partial charge on any atom is 0.250 e. The number of aliphatic hydroxyl groups is 3. The maximum atomic E-state index is 11.5. The van der Waals surface area contributed by atoms with Crippen molar-refractivity contribution >= 4 is 11.8 Å². The number of amides is 2. The first-order valence-corrected chi connectivity index (χ1v) is 5.20. The number of imide groups is 1. The number of carbonyl (C=O) groups is 2. The van der Waals surface area contributed by atoms with Crippen LogP contribution in [0.4, 0.5) is 0 Å². The van der Waals surface area contributed by atoms with Crippen molar-refractivity contribution in [2.75, 3.05) is 6.61 Å². The van der Waals surface area contributed by atoms with E-state index in [1.807, 2.05) is 0 Å². The smallest absolute Gasteiger partial charge is 0.250 e. The van der Waals surface area contributed by atoms with E-state index >= 15 is 0 Å². The molecule has 1 unspecified atom stereocenters. The fourth-order valence-electron chi connectivity index (χ4n) is 2.01. The van der Waals surface area contributed by atoms with Gasteiger partial charge in [-0.2, -0.15) is 0 Å². The van der Waals surface area contributed by atoms with E-state index in [0.717, 1.165) is 0 Å². The second-order valence-electron chi connectivity index (χ2n) is 4.04. The van der Waals surface area contributed by atoms with Crippen LogP contribution in [0.15, 0.2) is 12.2 Å². The molecule has 0 spiro atoms. The lowest BCUT2D eigenvalue weighted by Gasteiger charge is -2.23. The van der Waals surface area contributed by atoms with Crippen LogP contribution in [0.3, 0.4) is 0 Å². The molecule has 0 aliphatic carbocycles. The van der Waals surface area contributed by atoms with Gasteiger partial charge in [-0.05, 0) is 0 Å². The van der Waals surface area contributed by atoms with Crippen molar-refractivity contribution < 1.29 is 29.6 Å². The zero-order valence-electron chi connectivity index (χ0n) is 8.81. The highest BCUT2D eigenvalue weighted by molar-refractivity contribution is 6.05. The Kier molecular flexibility index (Phi) is 3.25. The zero-order valence-corrected chi connectivity index (χ0v) is 8.81. The monoisotopic (exact) mass is 243 g/mol. The molecule has 7 heteroatoms. The van der Waals surface area contributed by atoms with Crippen LogP contribution in [0.25, 0.3) is 0 Å². The molecule has 2 rings (SSSR count). The van der Waals surface area contributed by atoms with Crippen molar-refractivity contribution in [3.63, 3.8) is 0 Å². The summed E-state index contributed by atoms with van der Waals surface area (Å²) >= 11 is 0. The fraction of sp³-hybridized carbons (Fsp3) is 0.600. The summed E-state index contributed by atoms with van der Waals surface area (Å²) in [7, 11) is 0. The fourth-order valence-corrected chi connectivity index (χ4v) is 2.01. The van der Waals surface area contributed by atoms with Gasteiger partial charge in [0.1, 0.15) is 24.4 Å². The van der Waals surface area contributed by atoms with Gasteiger partial charge in [0.15, 0.2) is 0 Å². The summed E-state index contributed by atoms with van der Waals surface area (Å²) in [6.07, 6.45) is -1.92. The highest BCUT2D eigenvalue weighted by atomic mass is 16.6. The molecule has 4 N–H and O–H groups in total. The van der Waals surface area contributed by atoms with E-state index in [9.17, 15) is 19.8 Å². The van der Waals surface area contributed by atoms with Crippen LogP contribution in [0.1, 0.15) is 0 Å².